The van der Waals surface area contributed by atoms with Gasteiger partial charge in [-0.15, -0.1) is 0 Å². The zero-order chi connectivity index (χ0) is 15.6. The van der Waals surface area contributed by atoms with Gasteiger partial charge in [-0.1, -0.05) is 36.4 Å². The van der Waals surface area contributed by atoms with Crippen LogP contribution in [0.15, 0.2) is 48.6 Å². The van der Waals surface area contributed by atoms with Gasteiger partial charge in [0, 0.05) is 5.92 Å². The molecule has 2 aliphatic rings. The maximum atomic E-state index is 12.3. The second-order valence-corrected chi connectivity index (χ2v) is 6.29. The van der Waals surface area contributed by atoms with Crippen LogP contribution in [0.2, 0.25) is 0 Å². The first-order valence-electron chi connectivity index (χ1n) is 7.81. The van der Waals surface area contributed by atoms with Crippen LogP contribution >= 0.6 is 0 Å². The number of allylic oxidation sites excluding steroid dienone is 2. The van der Waals surface area contributed by atoms with Crippen molar-refractivity contribution in [1.82, 2.24) is 0 Å². The predicted octanol–water partition coefficient (Wildman–Crippen LogP) is 3.69. The number of hydrogen-bond acceptors (Lipinski definition) is 3. The monoisotopic (exact) mass is 298 g/mol. The van der Waals surface area contributed by atoms with Crippen molar-refractivity contribution in [2.45, 2.75) is 26.2 Å². The number of cyclic esters (lactones) is 1. The van der Waals surface area contributed by atoms with Gasteiger partial charge in [-0.25, -0.2) is 0 Å². The lowest BCUT2D eigenvalue weighted by Gasteiger charge is -2.24. The van der Waals surface area contributed by atoms with Crippen LogP contribution in [0.1, 0.15) is 25.3 Å². The molecule has 3 rings (SSSR count). The zero-order valence-electron chi connectivity index (χ0n) is 13.0. The summed E-state index contributed by atoms with van der Waals surface area (Å²) in [5, 5.41) is 0. The number of carbonyl (C=O) groups excluding carboxylic acids is 1. The highest BCUT2D eigenvalue weighted by molar-refractivity contribution is 5.81. The fraction of sp³-hybridized carbons (Fsp3) is 0.421. The van der Waals surface area contributed by atoms with Crippen molar-refractivity contribution >= 4 is 5.97 Å². The Kier molecular flexibility index (Phi) is 4.06. The number of esters is 1. The van der Waals surface area contributed by atoms with Gasteiger partial charge in [0.15, 0.2) is 0 Å². The van der Waals surface area contributed by atoms with Gasteiger partial charge in [0.05, 0.1) is 12.0 Å². The molecule has 1 aromatic rings. The molecule has 1 aliphatic carbocycles. The molecular formula is C19H22O3. The van der Waals surface area contributed by atoms with Gasteiger partial charge in [-0.2, -0.15) is 0 Å². The average Bonchev–Trinajstić information content (AvgIpc) is 2.95. The van der Waals surface area contributed by atoms with E-state index in [1.807, 2.05) is 37.3 Å². The Labute approximate surface area is 131 Å². The Morgan fingerprint density at radius 2 is 2.36 bits per heavy atom. The summed E-state index contributed by atoms with van der Waals surface area (Å²) < 4.78 is 11.0. The fourth-order valence-corrected chi connectivity index (χ4v) is 3.61. The highest BCUT2D eigenvalue weighted by Gasteiger charge is 2.55. The lowest BCUT2D eigenvalue weighted by atomic mass is 9.75. The molecule has 1 saturated heterocycles. The van der Waals surface area contributed by atoms with Gasteiger partial charge in [0.25, 0.3) is 0 Å². The van der Waals surface area contributed by atoms with E-state index in [1.54, 1.807) is 0 Å². The van der Waals surface area contributed by atoms with Gasteiger partial charge >= 0.3 is 5.97 Å². The maximum absolute atomic E-state index is 12.3. The van der Waals surface area contributed by atoms with E-state index >= 15 is 0 Å². The van der Waals surface area contributed by atoms with Crippen LogP contribution in [-0.4, -0.2) is 19.2 Å². The SMILES string of the molecule is C=C1CC2COC(=O)C2(Cc2cccc(OC/C=C/C)c2)C1. The number of fused-ring (bicyclic) bond motifs is 1. The molecule has 0 bridgehead atoms. The normalized spacial score (nSPS) is 27.2. The third-order valence-corrected chi connectivity index (χ3v) is 4.70. The maximum Gasteiger partial charge on any atom is 0.313 e. The summed E-state index contributed by atoms with van der Waals surface area (Å²) >= 11 is 0. The van der Waals surface area contributed by atoms with Crippen molar-refractivity contribution in [3.8, 4) is 5.75 Å². The molecule has 0 spiro atoms. The largest absolute Gasteiger partial charge is 0.490 e. The summed E-state index contributed by atoms with van der Waals surface area (Å²) in [6.07, 6.45) is 6.29. The molecule has 1 aliphatic heterocycles. The van der Waals surface area contributed by atoms with Gasteiger partial charge in [-0.3, -0.25) is 4.79 Å². The molecule has 2 atom stereocenters. The van der Waals surface area contributed by atoms with E-state index in [9.17, 15) is 4.79 Å². The lowest BCUT2D eigenvalue weighted by Crippen LogP contribution is -2.31. The molecular weight excluding hydrogens is 276 g/mol. The van der Waals surface area contributed by atoms with Crippen molar-refractivity contribution in [1.29, 1.82) is 0 Å². The summed E-state index contributed by atoms with van der Waals surface area (Å²) in [5.74, 6) is 1.06. The number of benzene rings is 1. The lowest BCUT2D eigenvalue weighted by molar-refractivity contribution is -0.146. The Balaban J connectivity index is 1.78. The van der Waals surface area contributed by atoms with Crippen molar-refractivity contribution in [2.24, 2.45) is 11.3 Å². The molecule has 116 valence electrons. The van der Waals surface area contributed by atoms with Crippen molar-refractivity contribution in [3.63, 3.8) is 0 Å². The summed E-state index contributed by atoms with van der Waals surface area (Å²) in [6, 6.07) is 8.02. The summed E-state index contributed by atoms with van der Waals surface area (Å²) in [7, 11) is 0. The Hall–Kier alpha value is -2.03. The van der Waals surface area contributed by atoms with Crippen LogP contribution in [0.25, 0.3) is 0 Å². The summed E-state index contributed by atoms with van der Waals surface area (Å²) in [5.41, 5.74) is 1.89. The highest BCUT2D eigenvalue weighted by atomic mass is 16.5. The Morgan fingerprint density at radius 3 is 3.18 bits per heavy atom. The molecule has 2 unspecified atom stereocenters. The van der Waals surface area contributed by atoms with Crippen molar-refractivity contribution < 1.29 is 14.3 Å². The van der Waals surface area contributed by atoms with E-state index in [4.69, 9.17) is 9.47 Å². The van der Waals surface area contributed by atoms with Gasteiger partial charge < -0.3 is 9.47 Å². The Bertz CT molecular complexity index is 617. The standard InChI is InChI=1S/C19H22O3/c1-3-4-8-21-17-7-5-6-15(10-17)12-19-11-14(2)9-16(19)13-22-18(19)20/h3-7,10,16H,2,8-9,11-13H2,1H3/b4-3+. The second kappa shape index (κ2) is 5.99. The zero-order valence-corrected chi connectivity index (χ0v) is 13.0. The molecule has 0 amide bonds. The van der Waals surface area contributed by atoms with E-state index in [0.29, 0.717) is 19.6 Å². The van der Waals surface area contributed by atoms with Crippen molar-refractivity contribution in [2.75, 3.05) is 13.2 Å². The number of rotatable bonds is 5. The van der Waals surface area contributed by atoms with Crippen LogP contribution in [0.5, 0.6) is 5.75 Å². The molecule has 22 heavy (non-hydrogen) atoms. The molecule has 2 fully saturated rings. The minimum Gasteiger partial charge on any atom is -0.490 e. The van der Waals surface area contributed by atoms with E-state index in [2.05, 4.69) is 12.6 Å². The van der Waals surface area contributed by atoms with Crippen LogP contribution < -0.4 is 4.74 Å². The molecule has 0 aromatic heterocycles. The molecule has 1 aromatic carbocycles. The molecule has 1 saturated carbocycles. The minimum absolute atomic E-state index is 0.0589. The van der Waals surface area contributed by atoms with Gasteiger partial charge in [0.2, 0.25) is 0 Å². The predicted molar refractivity (Wildman–Crippen MR) is 85.7 cm³/mol. The van der Waals surface area contributed by atoms with E-state index in [1.165, 1.54) is 5.57 Å². The molecule has 1 heterocycles. The third-order valence-electron chi connectivity index (χ3n) is 4.70. The van der Waals surface area contributed by atoms with Crippen LogP contribution in [0.3, 0.4) is 0 Å². The number of ether oxygens (including phenoxy) is 2. The highest BCUT2D eigenvalue weighted by Crippen LogP contribution is 2.52. The van der Waals surface area contributed by atoms with E-state index in [0.717, 1.165) is 24.2 Å². The van der Waals surface area contributed by atoms with Crippen LogP contribution in [0.4, 0.5) is 0 Å². The second-order valence-electron chi connectivity index (χ2n) is 6.29. The topological polar surface area (TPSA) is 35.5 Å². The Morgan fingerprint density at radius 1 is 1.50 bits per heavy atom. The molecule has 3 heteroatoms. The average molecular weight is 298 g/mol. The minimum atomic E-state index is -0.404. The first kappa shape index (κ1) is 14.9. The number of hydrogen-bond donors (Lipinski definition) is 0. The first-order chi connectivity index (χ1) is 10.6. The van der Waals surface area contributed by atoms with Crippen LogP contribution in [0, 0.1) is 11.3 Å². The third kappa shape index (κ3) is 2.68. The quantitative estimate of drug-likeness (QED) is 0.614. The van der Waals surface area contributed by atoms with E-state index < -0.39 is 5.41 Å². The smallest absolute Gasteiger partial charge is 0.313 e. The van der Waals surface area contributed by atoms with Crippen molar-refractivity contribution in [3.05, 3.63) is 54.1 Å². The van der Waals surface area contributed by atoms with Gasteiger partial charge in [0.1, 0.15) is 12.4 Å². The summed E-state index contributed by atoms with van der Waals surface area (Å²) in [6.45, 7) is 7.15. The fourth-order valence-electron chi connectivity index (χ4n) is 3.61. The molecule has 0 N–H and O–H groups in total. The summed E-state index contributed by atoms with van der Waals surface area (Å²) in [4.78, 5) is 12.3. The molecule has 3 nitrogen and oxygen atoms in total. The van der Waals surface area contributed by atoms with E-state index in [-0.39, 0.29) is 11.9 Å². The van der Waals surface area contributed by atoms with Gasteiger partial charge in [-0.05, 0) is 43.9 Å². The first-order valence-corrected chi connectivity index (χ1v) is 7.81. The molecule has 0 radical (unpaired) electrons. The van der Waals surface area contributed by atoms with Crippen LogP contribution in [-0.2, 0) is 16.0 Å². The number of carbonyl (C=O) groups is 1.